The molecule has 5 rings (SSSR count). The highest BCUT2D eigenvalue weighted by molar-refractivity contribution is 6.00. The molecule has 0 aliphatic rings. The Labute approximate surface area is 227 Å². The summed E-state index contributed by atoms with van der Waals surface area (Å²) >= 11 is 0. The summed E-state index contributed by atoms with van der Waals surface area (Å²) in [6.45, 7) is 3.32. The molecule has 0 aliphatic carbocycles. The Kier molecular flexibility index (Phi) is 7.64. The van der Waals surface area contributed by atoms with Gasteiger partial charge in [0, 0.05) is 17.7 Å². The maximum absolute atomic E-state index is 12.3. The molecule has 6 heteroatoms. The third-order valence-electron chi connectivity index (χ3n) is 6.09. The molecule has 6 nitrogen and oxygen atoms in total. The molecule has 196 valence electrons. The highest BCUT2D eigenvalue weighted by atomic mass is 16.6. The van der Waals surface area contributed by atoms with Gasteiger partial charge in [-0.2, -0.15) is 0 Å². The Hall–Kier alpha value is -4.97. The third-order valence-corrected chi connectivity index (χ3v) is 6.09. The van der Waals surface area contributed by atoms with E-state index in [9.17, 15) is 4.79 Å². The summed E-state index contributed by atoms with van der Waals surface area (Å²) < 4.78 is 30.6. The van der Waals surface area contributed by atoms with E-state index < -0.39 is 5.97 Å². The van der Waals surface area contributed by atoms with Gasteiger partial charge in [0.25, 0.3) is 0 Å². The van der Waals surface area contributed by atoms with Crippen molar-refractivity contribution in [3.63, 3.8) is 0 Å². The smallest absolute Gasteiger partial charge is 0.308 e. The number of esters is 1. The van der Waals surface area contributed by atoms with Crippen molar-refractivity contribution < 1.29 is 28.5 Å². The number of benzene rings is 5. The average molecular weight is 521 g/mol. The maximum Gasteiger partial charge on any atom is 0.308 e. The van der Waals surface area contributed by atoms with Crippen LogP contribution in [-0.2, 0) is 4.79 Å². The topological polar surface area (TPSA) is 63.2 Å². The van der Waals surface area contributed by atoms with Gasteiger partial charge in [-0.3, -0.25) is 4.79 Å². The van der Waals surface area contributed by atoms with Gasteiger partial charge in [-0.15, -0.1) is 0 Å². The monoisotopic (exact) mass is 520 g/mol. The molecule has 5 aromatic rings. The van der Waals surface area contributed by atoms with Crippen LogP contribution in [0.3, 0.4) is 0 Å². The molecule has 0 saturated carbocycles. The zero-order valence-electron chi connectivity index (χ0n) is 21.9. The van der Waals surface area contributed by atoms with Crippen molar-refractivity contribution in [2.75, 3.05) is 7.11 Å². The fourth-order valence-corrected chi connectivity index (χ4v) is 4.21. The van der Waals surface area contributed by atoms with Crippen molar-refractivity contribution in [1.29, 1.82) is 0 Å². The molecule has 0 saturated heterocycles. The van der Waals surface area contributed by atoms with Crippen molar-refractivity contribution in [2.45, 2.75) is 20.0 Å². The van der Waals surface area contributed by atoms with Crippen LogP contribution in [0.5, 0.6) is 40.2 Å². The lowest BCUT2D eigenvalue weighted by molar-refractivity contribution is -0.131. The number of hydrogen-bond donors (Lipinski definition) is 0. The first-order chi connectivity index (χ1) is 19.0. The fourth-order valence-electron chi connectivity index (χ4n) is 4.21. The molecule has 0 heterocycles. The molecule has 1 atom stereocenters. The molecule has 0 aliphatic heterocycles. The van der Waals surface area contributed by atoms with Crippen LogP contribution in [0.4, 0.5) is 0 Å². The minimum Gasteiger partial charge on any atom is -0.497 e. The van der Waals surface area contributed by atoms with E-state index in [2.05, 4.69) is 0 Å². The summed E-state index contributed by atoms with van der Waals surface area (Å²) in [6.07, 6.45) is -0.360. The highest BCUT2D eigenvalue weighted by Crippen LogP contribution is 2.54. The molecule has 0 aromatic heterocycles. The summed E-state index contributed by atoms with van der Waals surface area (Å²) in [6, 6.07) is 33.8. The standard InChI is InChI=1S/C33H28O6/c1-22(24-18-20-25(35-3)21-19-24)36-30-28-16-10-11-17-29(28)31(37-23(2)34)33(39-27-14-8-5-9-15-27)32(30)38-26-12-6-4-7-13-26/h4-22H,1-3H3. The zero-order chi connectivity index (χ0) is 27.2. The van der Waals surface area contributed by atoms with Gasteiger partial charge in [0.05, 0.1) is 7.11 Å². The number of fused-ring (bicyclic) bond motifs is 1. The van der Waals surface area contributed by atoms with E-state index in [-0.39, 0.29) is 17.6 Å². The van der Waals surface area contributed by atoms with Gasteiger partial charge in [0.1, 0.15) is 23.4 Å². The Morgan fingerprint density at radius 3 is 1.59 bits per heavy atom. The van der Waals surface area contributed by atoms with Crippen LogP contribution in [0.15, 0.2) is 109 Å². The summed E-state index contributed by atoms with van der Waals surface area (Å²) in [5, 5.41) is 1.36. The molecule has 0 bridgehead atoms. The number of rotatable bonds is 9. The van der Waals surface area contributed by atoms with E-state index in [1.165, 1.54) is 6.92 Å². The average Bonchev–Trinajstić information content (AvgIpc) is 2.97. The quantitative estimate of drug-likeness (QED) is 0.143. The van der Waals surface area contributed by atoms with E-state index in [0.29, 0.717) is 33.8 Å². The first-order valence-electron chi connectivity index (χ1n) is 12.6. The predicted molar refractivity (Wildman–Crippen MR) is 150 cm³/mol. The van der Waals surface area contributed by atoms with Crippen molar-refractivity contribution >= 4 is 16.7 Å². The van der Waals surface area contributed by atoms with E-state index in [1.807, 2.05) is 116 Å². The molecule has 0 amide bonds. The number of methoxy groups -OCH3 is 1. The van der Waals surface area contributed by atoms with Crippen LogP contribution < -0.4 is 23.7 Å². The van der Waals surface area contributed by atoms with Crippen molar-refractivity contribution in [1.82, 2.24) is 0 Å². The number of hydrogen-bond acceptors (Lipinski definition) is 6. The normalized spacial score (nSPS) is 11.5. The van der Waals surface area contributed by atoms with E-state index >= 15 is 0 Å². The lowest BCUT2D eigenvalue weighted by atomic mass is 10.1. The molecule has 39 heavy (non-hydrogen) atoms. The molecule has 1 unspecified atom stereocenters. The third kappa shape index (κ3) is 5.80. The van der Waals surface area contributed by atoms with Crippen molar-refractivity contribution in [2.24, 2.45) is 0 Å². The van der Waals surface area contributed by atoms with Gasteiger partial charge in [0.15, 0.2) is 11.5 Å². The van der Waals surface area contributed by atoms with Crippen LogP contribution in [0.25, 0.3) is 10.8 Å². The van der Waals surface area contributed by atoms with E-state index in [1.54, 1.807) is 7.11 Å². The molecule has 5 aromatic carbocycles. The first kappa shape index (κ1) is 25.7. The molecule has 0 spiro atoms. The Morgan fingerprint density at radius 1 is 0.590 bits per heavy atom. The van der Waals surface area contributed by atoms with Crippen LogP contribution >= 0.6 is 0 Å². The second-order valence-corrected chi connectivity index (χ2v) is 8.82. The van der Waals surface area contributed by atoms with Gasteiger partial charge in [0.2, 0.25) is 11.5 Å². The number of carbonyl (C=O) groups excluding carboxylic acids is 1. The Bertz CT molecular complexity index is 1560. The van der Waals surface area contributed by atoms with Crippen LogP contribution in [-0.4, -0.2) is 13.1 Å². The predicted octanol–water partition coefficient (Wildman–Crippen LogP) is 8.50. The van der Waals surface area contributed by atoms with Crippen molar-refractivity contribution in [3.8, 4) is 40.2 Å². The number of carbonyl (C=O) groups is 1. The summed E-state index contributed by atoms with van der Waals surface area (Å²) in [4.78, 5) is 12.3. The zero-order valence-corrected chi connectivity index (χ0v) is 21.9. The lowest BCUT2D eigenvalue weighted by Crippen LogP contribution is -2.08. The van der Waals surface area contributed by atoms with Crippen LogP contribution in [0.2, 0.25) is 0 Å². The highest BCUT2D eigenvalue weighted by Gasteiger charge is 2.28. The van der Waals surface area contributed by atoms with E-state index in [4.69, 9.17) is 23.7 Å². The van der Waals surface area contributed by atoms with Crippen molar-refractivity contribution in [3.05, 3.63) is 115 Å². The Balaban J connectivity index is 1.73. The molecular formula is C33H28O6. The second-order valence-electron chi connectivity index (χ2n) is 8.82. The summed E-state index contributed by atoms with van der Waals surface area (Å²) in [5.74, 6) is 2.63. The largest absolute Gasteiger partial charge is 0.497 e. The molecule has 0 N–H and O–H groups in total. The molecule has 0 fully saturated rings. The minimum atomic E-state index is -0.482. The SMILES string of the molecule is COc1ccc(C(C)Oc2c(Oc3ccccc3)c(Oc3ccccc3)c(OC(C)=O)c3ccccc23)cc1. The minimum absolute atomic E-state index is 0.232. The van der Waals surface area contributed by atoms with Crippen LogP contribution in [0, 0.1) is 0 Å². The van der Waals surface area contributed by atoms with Gasteiger partial charge in [-0.1, -0.05) is 72.8 Å². The first-order valence-corrected chi connectivity index (χ1v) is 12.6. The lowest BCUT2D eigenvalue weighted by Gasteiger charge is -2.24. The molecule has 0 radical (unpaired) electrons. The van der Waals surface area contributed by atoms with E-state index in [0.717, 1.165) is 11.3 Å². The van der Waals surface area contributed by atoms with Gasteiger partial charge < -0.3 is 23.7 Å². The fraction of sp³-hybridized carbons (Fsp3) is 0.121. The van der Waals surface area contributed by atoms with Gasteiger partial charge >= 0.3 is 5.97 Å². The Morgan fingerprint density at radius 2 is 1.08 bits per heavy atom. The number of para-hydroxylation sites is 2. The molecular weight excluding hydrogens is 492 g/mol. The summed E-state index contributed by atoms with van der Waals surface area (Å²) in [7, 11) is 1.63. The number of ether oxygens (including phenoxy) is 5. The summed E-state index contributed by atoms with van der Waals surface area (Å²) in [5.41, 5.74) is 0.945. The second kappa shape index (κ2) is 11.6. The maximum atomic E-state index is 12.3. The van der Waals surface area contributed by atoms with Gasteiger partial charge in [-0.25, -0.2) is 0 Å². The van der Waals surface area contributed by atoms with Crippen LogP contribution in [0.1, 0.15) is 25.5 Å². The van der Waals surface area contributed by atoms with Gasteiger partial charge in [-0.05, 0) is 48.9 Å².